The van der Waals surface area contributed by atoms with Crippen LogP contribution in [-0.2, 0) is 16.6 Å². The Morgan fingerprint density at radius 1 is 1.14 bits per heavy atom. The molecule has 0 fully saturated rings. The van der Waals surface area contributed by atoms with E-state index in [1.807, 2.05) is 6.92 Å². The van der Waals surface area contributed by atoms with Crippen molar-refractivity contribution in [3.8, 4) is 11.8 Å². The van der Waals surface area contributed by atoms with Crippen LogP contribution >= 0.6 is 0 Å². The van der Waals surface area contributed by atoms with Crippen molar-refractivity contribution in [2.45, 2.75) is 38.3 Å². The second kappa shape index (κ2) is 8.07. The number of ether oxygens (including phenoxy) is 1. The van der Waals surface area contributed by atoms with Crippen molar-refractivity contribution in [1.29, 1.82) is 0 Å². The van der Waals surface area contributed by atoms with Gasteiger partial charge in [0, 0.05) is 6.54 Å². The molecule has 3 rings (SSSR count). The van der Waals surface area contributed by atoms with Crippen LogP contribution in [0, 0.1) is 12.7 Å². The van der Waals surface area contributed by atoms with Crippen molar-refractivity contribution >= 4 is 10.0 Å². The number of aryl methyl sites for hydroxylation is 1. The van der Waals surface area contributed by atoms with Crippen molar-refractivity contribution < 1.29 is 17.5 Å². The lowest BCUT2D eigenvalue weighted by atomic mass is 10.2. The largest absolute Gasteiger partial charge is 0.424 e. The number of sulfonamides is 1. The van der Waals surface area contributed by atoms with Gasteiger partial charge in [0.15, 0.2) is 5.82 Å². The Morgan fingerprint density at radius 3 is 2.46 bits per heavy atom. The first-order valence-corrected chi connectivity index (χ1v) is 10.2. The number of nitrogens with one attached hydrogen (secondary N) is 1. The van der Waals surface area contributed by atoms with Gasteiger partial charge in [-0.05, 0) is 56.7 Å². The summed E-state index contributed by atoms with van der Waals surface area (Å²) in [6, 6.07) is 11.8. The van der Waals surface area contributed by atoms with Gasteiger partial charge in [-0.25, -0.2) is 17.5 Å². The van der Waals surface area contributed by atoms with Gasteiger partial charge in [0.1, 0.15) is 11.6 Å². The smallest absolute Gasteiger partial charge is 0.322 e. The highest BCUT2D eigenvalue weighted by Gasteiger charge is 2.24. The van der Waals surface area contributed by atoms with E-state index in [4.69, 9.17) is 4.74 Å². The Bertz CT molecular complexity index is 1070. The third-order valence-corrected chi connectivity index (χ3v) is 5.89. The molecule has 1 atom stereocenters. The molecule has 0 aliphatic rings. The Balaban J connectivity index is 1.84. The molecule has 1 heterocycles. The van der Waals surface area contributed by atoms with Crippen molar-refractivity contribution in [2.24, 2.45) is 0 Å². The maximum atomic E-state index is 13.1. The summed E-state index contributed by atoms with van der Waals surface area (Å²) >= 11 is 0. The summed E-state index contributed by atoms with van der Waals surface area (Å²) in [5.41, 5.74) is 0.652. The molecule has 1 N–H and O–H groups in total. The standard InChI is InChI=1S/C19H21FN4O3S/c1-4-24-18(21-22-19(24)27-16-11-9-15(20)10-12-16)14(3)23-28(25,26)17-8-6-5-7-13(17)2/h5-12,14,23H,4H2,1-3H3/t14-/m1/s1. The van der Waals surface area contributed by atoms with Crippen LogP contribution < -0.4 is 9.46 Å². The van der Waals surface area contributed by atoms with E-state index >= 15 is 0 Å². The second-order valence-corrected chi connectivity index (χ2v) is 7.93. The lowest BCUT2D eigenvalue weighted by molar-refractivity contribution is 0.407. The average Bonchev–Trinajstić information content (AvgIpc) is 3.06. The van der Waals surface area contributed by atoms with Crippen LogP contribution in [0.5, 0.6) is 11.8 Å². The lowest BCUT2D eigenvalue weighted by Gasteiger charge is -2.16. The van der Waals surface area contributed by atoms with E-state index in [0.717, 1.165) is 0 Å². The number of benzene rings is 2. The zero-order valence-corrected chi connectivity index (χ0v) is 16.6. The van der Waals surface area contributed by atoms with Crippen LogP contribution in [0.1, 0.15) is 31.3 Å². The lowest BCUT2D eigenvalue weighted by Crippen LogP contribution is -2.29. The monoisotopic (exact) mass is 404 g/mol. The highest BCUT2D eigenvalue weighted by atomic mass is 32.2. The molecule has 0 saturated heterocycles. The first kappa shape index (κ1) is 20.0. The molecule has 0 aliphatic heterocycles. The summed E-state index contributed by atoms with van der Waals surface area (Å²) in [5, 5.41) is 8.10. The third kappa shape index (κ3) is 4.20. The van der Waals surface area contributed by atoms with E-state index in [0.29, 0.717) is 23.7 Å². The molecule has 2 aromatic carbocycles. The topological polar surface area (TPSA) is 86.1 Å². The summed E-state index contributed by atoms with van der Waals surface area (Å²) < 4.78 is 48.5. The summed E-state index contributed by atoms with van der Waals surface area (Å²) in [6.07, 6.45) is 0. The molecule has 1 aromatic heterocycles. The molecule has 148 valence electrons. The first-order chi connectivity index (χ1) is 13.3. The molecule has 0 radical (unpaired) electrons. The van der Waals surface area contributed by atoms with Gasteiger partial charge in [0.25, 0.3) is 0 Å². The molecule has 9 heteroatoms. The number of halogens is 1. The van der Waals surface area contributed by atoms with E-state index in [2.05, 4.69) is 14.9 Å². The third-order valence-electron chi connectivity index (χ3n) is 4.19. The summed E-state index contributed by atoms with van der Waals surface area (Å²) in [6.45, 7) is 5.76. The Morgan fingerprint density at radius 2 is 1.82 bits per heavy atom. The van der Waals surface area contributed by atoms with Gasteiger partial charge in [-0.2, -0.15) is 0 Å². The maximum absolute atomic E-state index is 13.1. The van der Waals surface area contributed by atoms with Crippen molar-refractivity contribution in [1.82, 2.24) is 19.5 Å². The molecular weight excluding hydrogens is 383 g/mol. The van der Waals surface area contributed by atoms with Crippen LogP contribution in [0.3, 0.4) is 0 Å². The SMILES string of the molecule is CCn1c(Oc2ccc(F)cc2)nnc1[C@@H](C)NS(=O)(=O)c1ccccc1C. The Labute approximate surface area is 163 Å². The van der Waals surface area contributed by atoms with E-state index in [1.54, 1.807) is 42.7 Å². The average molecular weight is 404 g/mol. The van der Waals surface area contributed by atoms with Gasteiger partial charge in [-0.15, -0.1) is 5.10 Å². The highest BCUT2D eigenvalue weighted by molar-refractivity contribution is 7.89. The molecule has 0 bridgehead atoms. The van der Waals surface area contributed by atoms with Crippen LogP contribution in [-0.4, -0.2) is 23.2 Å². The predicted octanol–water partition coefficient (Wildman–Crippen LogP) is 3.58. The fourth-order valence-electron chi connectivity index (χ4n) is 2.81. The minimum atomic E-state index is -3.73. The van der Waals surface area contributed by atoms with Crippen LogP contribution in [0.15, 0.2) is 53.4 Å². The van der Waals surface area contributed by atoms with E-state index in [-0.39, 0.29) is 16.7 Å². The van der Waals surface area contributed by atoms with Gasteiger partial charge in [0.05, 0.1) is 10.9 Å². The van der Waals surface area contributed by atoms with Crippen molar-refractivity contribution in [2.75, 3.05) is 0 Å². The summed E-state index contributed by atoms with van der Waals surface area (Å²) in [5.74, 6) is 0.448. The van der Waals surface area contributed by atoms with Crippen molar-refractivity contribution in [3.63, 3.8) is 0 Å². The van der Waals surface area contributed by atoms with Gasteiger partial charge >= 0.3 is 6.01 Å². The van der Waals surface area contributed by atoms with Gasteiger partial charge in [-0.1, -0.05) is 23.3 Å². The second-order valence-electron chi connectivity index (χ2n) is 6.25. The predicted molar refractivity (Wildman–Crippen MR) is 102 cm³/mol. The maximum Gasteiger partial charge on any atom is 0.322 e. The summed E-state index contributed by atoms with van der Waals surface area (Å²) in [4.78, 5) is 0.215. The van der Waals surface area contributed by atoms with Gasteiger partial charge in [0.2, 0.25) is 10.0 Å². The van der Waals surface area contributed by atoms with Crippen molar-refractivity contribution in [3.05, 3.63) is 65.7 Å². The minimum absolute atomic E-state index is 0.200. The number of hydrogen-bond donors (Lipinski definition) is 1. The van der Waals surface area contributed by atoms with E-state index in [1.165, 1.54) is 24.3 Å². The molecule has 0 spiro atoms. The fourth-order valence-corrected chi connectivity index (χ4v) is 4.26. The molecule has 7 nitrogen and oxygen atoms in total. The van der Waals surface area contributed by atoms with E-state index < -0.39 is 16.1 Å². The highest BCUT2D eigenvalue weighted by Crippen LogP contribution is 2.24. The number of aromatic nitrogens is 3. The van der Waals surface area contributed by atoms with Gasteiger partial charge < -0.3 is 4.74 Å². The number of hydrogen-bond acceptors (Lipinski definition) is 5. The number of rotatable bonds is 7. The van der Waals surface area contributed by atoms with Crippen LogP contribution in [0.25, 0.3) is 0 Å². The van der Waals surface area contributed by atoms with Gasteiger partial charge in [-0.3, -0.25) is 4.57 Å². The molecule has 28 heavy (non-hydrogen) atoms. The first-order valence-electron chi connectivity index (χ1n) is 8.76. The molecule has 0 amide bonds. The molecule has 0 aliphatic carbocycles. The van der Waals surface area contributed by atoms with Crippen LogP contribution in [0.2, 0.25) is 0 Å². The van der Waals surface area contributed by atoms with E-state index in [9.17, 15) is 12.8 Å². The molecule has 3 aromatic rings. The Hall–Kier alpha value is -2.78. The van der Waals surface area contributed by atoms with Crippen LogP contribution in [0.4, 0.5) is 4.39 Å². The molecular formula is C19H21FN4O3S. The zero-order valence-electron chi connectivity index (χ0n) is 15.8. The zero-order chi connectivity index (χ0) is 20.3. The minimum Gasteiger partial charge on any atom is -0.424 e. The fraction of sp³-hybridized carbons (Fsp3) is 0.263. The quantitative estimate of drug-likeness (QED) is 0.651. The molecule has 0 unspecified atom stereocenters. The normalized spacial score (nSPS) is 12.7. The number of nitrogens with zero attached hydrogens (tertiary/aromatic N) is 3. The summed E-state index contributed by atoms with van der Waals surface area (Å²) in [7, 11) is -3.73. The Kier molecular flexibility index (Phi) is 5.76. The molecule has 0 saturated carbocycles.